The van der Waals surface area contributed by atoms with E-state index in [1.807, 2.05) is 77.5 Å². The number of rotatable bonds is 9. The number of allylic oxidation sites excluding steroid dienone is 1. The van der Waals surface area contributed by atoms with Crippen LogP contribution < -0.4 is 20.7 Å². The number of anilines is 4. The Morgan fingerprint density at radius 1 is 1.17 bits per heavy atom. The topological polar surface area (TPSA) is 103 Å². The fourth-order valence-electron chi connectivity index (χ4n) is 3.82. The normalized spacial score (nSPS) is 11.3. The Kier molecular flexibility index (Phi) is 8.29. The van der Waals surface area contributed by atoms with Crippen molar-refractivity contribution in [1.82, 2.24) is 14.9 Å². The first-order valence-electron chi connectivity index (χ1n) is 11.4. The van der Waals surface area contributed by atoms with Gasteiger partial charge in [-0.15, -0.1) is 0 Å². The number of methoxy groups -OCH3 is 1. The van der Waals surface area contributed by atoms with Crippen molar-refractivity contribution in [1.29, 1.82) is 5.26 Å². The molecule has 8 heteroatoms. The first-order chi connectivity index (χ1) is 16.8. The van der Waals surface area contributed by atoms with Crippen molar-refractivity contribution in [2.24, 2.45) is 0 Å². The third kappa shape index (κ3) is 6.08. The third-order valence-electron chi connectivity index (χ3n) is 5.76. The number of aromatic nitrogens is 2. The van der Waals surface area contributed by atoms with Crippen LogP contribution in [-0.4, -0.2) is 56.2 Å². The van der Waals surface area contributed by atoms with E-state index in [4.69, 9.17) is 15.5 Å². The molecule has 8 nitrogen and oxygen atoms in total. The number of benzene rings is 2. The standard InChI is InChI=1S/C27H33N7O/c1-7-20(21-9-8-19(17-28)14-18(21)2)23-10-11-30-27(31-23)32-24-15-22(29)25(16-26(24)35-6)34(5)13-12-33(3)4/h7-11,14-16H,12-13,29H2,1-6H3,(H,30,31,32)/b20-7+. The fraction of sp³-hybridized carbons (Fsp3) is 0.296. The summed E-state index contributed by atoms with van der Waals surface area (Å²) in [6, 6.07) is 13.5. The quantitative estimate of drug-likeness (QED) is 0.442. The molecule has 0 spiro atoms. The van der Waals surface area contributed by atoms with E-state index in [2.05, 4.69) is 26.2 Å². The first kappa shape index (κ1) is 25.5. The van der Waals surface area contributed by atoms with Crippen molar-refractivity contribution in [2.75, 3.05) is 57.3 Å². The van der Waals surface area contributed by atoms with E-state index in [-0.39, 0.29) is 0 Å². The van der Waals surface area contributed by atoms with Crippen LogP contribution in [0.5, 0.6) is 5.75 Å². The summed E-state index contributed by atoms with van der Waals surface area (Å²) in [5.41, 5.74) is 13.0. The minimum Gasteiger partial charge on any atom is -0.494 e. The Hall–Kier alpha value is -4.09. The SMILES string of the molecule is C/C=C(/c1ccnc(Nc2cc(N)c(N(C)CCN(C)C)cc2OC)n1)c1ccc(C#N)cc1C. The third-order valence-corrected chi connectivity index (χ3v) is 5.76. The molecule has 3 rings (SSSR count). The Bertz CT molecular complexity index is 1260. The van der Waals surface area contributed by atoms with Crippen LogP contribution in [-0.2, 0) is 0 Å². The maximum Gasteiger partial charge on any atom is 0.227 e. The molecule has 3 aromatic rings. The summed E-state index contributed by atoms with van der Waals surface area (Å²) >= 11 is 0. The summed E-state index contributed by atoms with van der Waals surface area (Å²) in [6.45, 7) is 5.70. The molecule has 0 aliphatic heterocycles. The van der Waals surface area contributed by atoms with Crippen LogP contribution in [0.25, 0.3) is 5.57 Å². The van der Waals surface area contributed by atoms with Crippen molar-refractivity contribution >= 4 is 28.6 Å². The molecule has 1 heterocycles. The predicted octanol–water partition coefficient (Wildman–Crippen LogP) is 4.44. The lowest BCUT2D eigenvalue weighted by molar-refractivity contribution is 0.413. The first-order valence-corrected chi connectivity index (χ1v) is 11.4. The molecule has 0 saturated heterocycles. The molecule has 0 atom stereocenters. The molecule has 3 N–H and O–H groups in total. The second kappa shape index (κ2) is 11.4. The van der Waals surface area contributed by atoms with Gasteiger partial charge in [-0.2, -0.15) is 5.26 Å². The van der Waals surface area contributed by atoms with Gasteiger partial charge in [0.2, 0.25) is 5.95 Å². The second-order valence-electron chi connectivity index (χ2n) is 8.57. The molecule has 1 aromatic heterocycles. The van der Waals surface area contributed by atoms with E-state index in [9.17, 15) is 5.26 Å². The molecule has 0 fully saturated rings. The van der Waals surface area contributed by atoms with Gasteiger partial charge in [0, 0.05) is 38.0 Å². The number of ether oxygens (including phenoxy) is 1. The van der Waals surface area contributed by atoms with Gasteiger partial charge in [-0.05, 0) is 63.3 Å². The van der Waals surface area contributed by atoms with Crippen molar-refractivity contribution in [3.63, 3.8) is 0 Å². The van der Waals surface area contributed by atoms with E-state index in [0.29, 0.717) is 28.6 Å². The van der Waals surface area contributed by atoms with Crippen molar-refractivity contribution in [3.05, 3.63) is 71.1 Å². The van der Waals surface area contributed by atoms with Crippen molar-refractivity contribution in [3.8, 4) is 11.8 Å². The van der Waals surface area contributed by atoms with Gasteiger partial charge in [-0.25, -0.2) is 9.97 Å². The molecule has 0 bridgehead atoms. The smallest absolute Gasteiger partial charge is 0.227 e. The van der Waals surface area contributed by atoms with Gasteiger partial charge < -0.3 is 25.6 Å². The second-order valence-corrected chi connectivity index (χ2v) is 8.57. The van der Waals surface area contributed by atoms with Crippen LogP contribution >= 0.6 is 0 Å². The van der Waals surface area contributed by atoms with E-state index < -0.39 is 0 Å². The zero-order valence-electron chi connectivity index (χ0n) is 21.3. The van der Waals surface area contributed by atoms with E-state index in [0.717, 1.165) is 41.2 Å². The monoisotopic (exact) mass is 471 g/mol. The number of nitrogens with zero attached hydrogens (tertiary/aromatic N) is 5. The lowest BCUT2D eigenvalue weighted by atomic mass is 9.96. The highest BCUT2D eigenvalue weighted by Crippen LogP contribution is 2.36. The lowest BCUT2D eigenvalue weighted by Crippen LogP contribution is -2.29. The van der Waals surface area contributed by atoms with Gasteiger partial charge in [0.05, 0.1) is 41.5 Å². The highest BCUT2D eigenvalue weighted by atomic mass is 16.5. The molecule has 0 saturated carbocycles. The number of nitrogens with one attached hydrogen (secondary N) is 1. The number of nitrogen functional groups attached to an aromatic ring is 1. The maximum atomic E-state index is 9.18. The van der Waals surface area contributed by atoms with Crippen LogP contribution in [0.4, 0.5) is 23.0 Å². The summed E-state index contributed by atoms with van der Waals surface area (Å²) < 4.78 is 5.65. The van der Waals surface area contributed by atoms with Crippen molar-refractivity contribution < 1.29 is 4.74 Å². The van der Waals surface area contributed by atoms with Gasteiger partial charge in [-0.3, -0.25) is 0 Å². The summed E-state index contributed by atoms with van der Waals surface area (Å²) in [5, 5.41) is 12.4. The summed E-state index contributed by atoms with van der Waals surface area (Å²) in [6.07, 6.45) is 3.73. The number of nitrogens with two attached hydrogens (primary N) is 1. The lowest BCUT2D eigenvalue weighted by Gasteiger charge is -2.24. The van der Waals surface area contributed by atoms with E-state index in [1.54, 1.807) is 13.3 Å². The van der Waals surface area contributed by atoms with E-state index in [1.165, 1.54) is 0 Å². The molecular formula is C27H33N7O. The summed E-state index contributed by atoms with van der Waals surface area (Å²) in [4.78, 5) is 13.4. The molecule has 35 heavy (non-hydrogen) atoms. The summed E-state index contributed by atoms with van der Waals surface area (Å²) in [7, 11) is 7.72. The van der Waals surface area contributed by atoms with Gasteiger partial charge in [0.1, 0.15) is 5.75 Å². The molecule has 0 radical (unpaired) electrons. The van der Waals surface area contributed by atoms with Gasteiger partial charge in [0.25, 0.3) is 0 Å². The van der Waals surface area contributed by atoms with Gasteiger partial charge in [-0.1, -0.05) is 12.1 Å². The Balaban J connectivity index is 1.90. The molecule has 0 aliphatic rings. The average Bonchev–Trinajstić information content (AvgIpc) is 2.84. The zero-order chi connectivity index (χ0) is 25.5. The Labute approximate surface area is 207 Å². The molecule has 182 valence electrons. The predicted molar refractivity (Wildman–Crippen MR) is 143 cm³/mol. The van der Waals surface area contributed by atoms with Gasteiger partial charge in [0.15, 0.2) is 0 Å². The average molecular weight is 472 g/mol. The Morgan fingerprint density at radius 2 is 1.94 bits per heavy atom. The van der Waals surface area contributed by atoms with Crippen LogP contribution in [0.3, 0.4) is 0 Å². The number of hydrogen-bond donors (Lipinski definition) is 2. The molecule has 0 amide bonds. The van der Waals surface area contributed by atoms with E-state index >= 15 is 0 Å². The minimum atomic E-state index is 0.430. The van der Waals surface area contributed by atoms with Crippen LogP contribution in [0, 0.1) is 18.3 Å². The number of hydrogen-bond acceptors (Lipinski definition) is 8. The van der Waals surface area contributed by atoms with Crippen LogP contribution in [0.1, 0.15) is 29.3 Å². The maximum absolute atomic E-state index is 9.18. The molecular weight excluding hydrogens is 438 g/mol. The summed E-state index contributed by atoms with van der Waals surface area (Å²) in [5.74, 6) is 1.08. The van der Waals surface area contributed by atoms with Gasteiger partial charge >= 0.3 is 0 Å². The largest absolute Gasteiger partial charge is 0.494 e. The zero-order valence-corrected chi connectivity index (χ0v) is 21.3. The molecule has 0 aliphatic carbocycles. The highest BCUT2D eigenvalue weighted by molar-refractivity contribution is 5.81. The minimum absolute atomic E-state index is 0.430. The number of likely N-dealkylation sites (N-methyl/N-ethyl adjacent to an activating group) is 2. The van der Waals surface area contributed by atoms with Crippen molar-refractivity contribution in [2.45, 2.75) is 13.8 Å². The molecule has 2 aromatic carbocycles. The highest BCUT2D eigenvalue weighted by Gasteiger charge is 2.15. The Morgan fingerprint density at radius 3 is 2.57 bits per heavy atom. The molecule has 0 unspecified atom stereocenters. The van der Waals surface area contributed by atoms with Crippen LogP contribution in [0.15, 0.2) is 48.7 Å². The fourth-order valence-corrected chi connectivity index (χ4v) is 3.82. The number of aryl methyl sites for hydroxylation is 1. The number of nitriles is 1. The van der Waals surface area contributed by atoms with Crippen LogP contribution in [0.2, 0.25) is 0 Å².